The number of nitrogens with zero attached hydrogens (tertiary/aromatic N) is 3. The topological polar surface area (TPSA) is 47.8 Å². The Balaban J connectivity index is 2.53. The zero-order valence-corrected chi connectivity index (χ0v) is 11.2. The van der Waals surface area contributed by atoms with Crippen molar-refractivity contribution in [3.63, 3.8) is 0 Å². The van der Waals surface area contributed by atoms with Gasteiger partial charge in [0.2, 0.25) is 0 Å². The van der Waals surface area contributed by atoms with Crippen LogP contribution in [0.15, 0.2) is 24.8 Å². The molecule has 1 aromatic heterocycles. The predicted octanol–water partition coefficient (Wildman–Crippen LogP) is 0.877. The molecule has 0 aliphatic rings. The number of rotatable bonds is 2. The van der Waals surface area contributed by atoms with Crippen LogP contribution in [-0.4, -0.2) is 27.8 Å². The molecule has 2 aromatic rings. The third-order valence-electron chi connectivity index (χ3n) is 2.35. The summed E-state index contributed by atoms with van der Waals surface area (Å²) in [5.74, 6) is 0. The molecule has 1 heterocycles. The summed E-state index contributed by atoms with van der Waals surface area (Å²) in [5, 5.41) is 3.95. The minimum atomic E-state index is -2.33. The summed E-state index contributed by atoms with van der Waals surface area (Å²) in [7, 11) is 0. The van der Waals surface area contributed by atoms with E-state index in [-0.39, 0.29) is 0 Å². The van der Waals surface area contributed by atoms with Crippen LogP contribution in [0, 0.1) is 20.8 Å². The van der Waals surface area contributed by atoms with Crippen LogP contribution in [-0.2, 0) is 3.83 Å². The summed E-state index contributed by atoms with van der Waals surface area (Å²) in [5.41, 5.74) is 3.32. The van der Waals surface area contributed by atoms with Gasteiger partial charge in [-0.05, 0) is 0 Å². The maximum absolute atomic E-state index is 12.3. The van der Waals surface area contributed by atoms with E-state index in [1.165, 1.54) is 21.9 Å². The molecule has 5 heteroatoms. The van der Waals surface area contributed by atoms with E-state index < -0.39 is 14.1 Å². The van der Waals surface area contributed by atoms with E-state index in [9.17, 15) is 3.83 Å². The van der Waals surface area contributed by atoms with Crippen LogP contribution in [0.25, 0.3) is 0 Å². The first kappa shape index (κ1) is 11.2. The average Bonchev–Trinajstić information content (AvgIpc) is 2.67. The van der Waals surface area contributed by atoms with Crippen molar-refractivity contribution in [1.82, 2.24) is 13.8 Å². The molecule has 0 aliphatic carbocycles. The second-order valence-electron chi connectivity index (χ2n) is 3.78. The van der Waals surface area contributed by atoms with E-state index in [1.54, 1.807) is 0 Å². The maximum atomic E-state index is 12.3. The SMILES string of the molecule is Cc1cc(C)c([Se](=O)n2cncn2)c(C)c1. The molecule has 0 saturated heterocycles. The third-order valence-corrected chi connectivity index (χ3v) is 5.54. The zero-order chi connectivity index (χ0) is 11.7. The number of aromatic nitrogens is 3. The Bertz CT molecular complexity index is 511. The van der Waals surface area contributed by atoms with Crippen molar-refractivity contribution in [2.24, 2.45) is 0 Å². The van der Waals surface area contributed by atoms with Gasteiger partial charge in [-0.1, -0.05) is 0 Å². The molecule has 84 valence electrons. The first-order valence-corrected chi connectivity index (χ1v) is 7.26. The summed E-state index contributed by atoms with van der Waals surface area (Å²) in [6, 6.07) is 4.10. The Hall–Kier alpha value is -1.32. The van der Waals surface area contributed by atoms with Gasteiger partial charge >= 0.3 is 98.4 Å². The van der Waals surface area contributed by atoms with Gasteiger partial charge in [-0.2, -0.15) is 0 Å². The van der Waals surface area contributed by atoms with Crippen molar-refractivity contribution in [2.75, 3.05) is 0 Å². The Morgan fingerprint density at radius 1 is 1.19 bits per heavy atom. The van der Waals surface area contributed by atoms with Crippen molar-refractivity contribution < 1.29 is 3.83 Å². The van der Waals surface area contributed by atoms with Crippen molar-refractivity contribution in [1.29, 1.82) is 0 Å². The molecule has 0 fully saturated rings. The fourth-order valence-corrected chi connectivity index (χ4v) is 4.18. The third kappa shape index (κ3) is 1.96. The monoisotopic (exact) mass is 283 g/mol. The first-order valence-electron chi connectivity index (χ1n) is 4.94. The summed E-state index contributed by atoms with van der Waals surface area (Å²) < 4.78 is 14.7. The van der Waals surface area contributed by atoms with Crippen molar-refractivity contribution >= 4 is 18.5 Å². The van der Waals surface area contributed by atoms with Crippen LogP contribution in [0.4, 0.5) is 0 Å². The van der Waals surface area contributed by atoms with Gasteiger partial charge in [0.25, 0.3) is 0 Å². The Labute approximate surface area is 98.6 Å². The van der Waals surface area contributed by atoms with E-state index in [0.717, 1.165) is 15.6 Å². The molecule has 1 aromatic carbocycles. The molecular formula is C11H13N3OSe. The van der Waals surface area contributed by atoms with Crippen LogP contribution in [0.2, 0.25) is 0 Å². The van der Waals surface area contributed by atoms with Crippen LogP contribution < -0.4 is 4.46 Å². The van der Waals surface area contributed by atoms with Gasteiger partial charge in [0.05, 0.1) is 0 Å². The van der Waals surface area contributed by atoms with Gasteiger partial charge in [-0.3, -0.25) is 0 Å². The van der Waals surface area contributed by atoms with Crippen LogP contribution >= 0.6 is 0 Å². The van der Waals surface area contributed by atoms with Gasteiger partial charge in [0.15, 0.2) is 0 Å². The van der Waals surface area contributed by atoms with Crippen LogP contribution in [0.3, 0.4) is 0 Å². The molecule has 4 nitrogen and oxygen atoms in total. The summed E-state index contributed by atoms with van der Waals surface area (Å²) in [6.07, 6.45) is 2.92. The quantitative estimate of drug-likeness (QED) is 0.768. The number of hydrogen-bond acceptors (Lipinski definition) is 3. The molecule has 0 bridgehead atoms. The molecule has 0 spiro atoms. The molecule has 2 rings (SSSR count). The molecule has 0 amide bonds. The van der Waals surface area contributed by atoms with Gasteiger partial charge in [-0.15, -0.1) is 0 Å². The van der Waals surface area contributed by atoms with E-state index in [1.807, 2.05) is 32.9 Å². The van der Waals surface area contributed by atoms with E-state index >= 15 is 0 Å². The summed E-state index contributed by atoms with van der Waals surface area (Å²) in [4.78, 5) is 3.83. The summed E-state index contributed by atoms with van der Waals surface area (Å²) in [6.45, 7) is 6.01. The van der Waals surface area contributed by atoms with Crippen LogP contribution in [0.1, 0.15) is 16.7 Å². The molecule has 0 N–H and O–H groups in total. The van der Waals surface area contributed by atoms with Gasteiger partial charge in [0, 0.05) is 0 Å². The van der Waals surface area contributed by atoms with E-state index in [2.05, 4.69) is 10.1 Å². The molecule has 1 unspecified atom stereocenters. The molecule has 0 aliphatic heterocycles. The normalized spacial score (nSPS) is 12.7. The fourth-order valence-electron chi connectivity index (χ4n) is 1.82. The first-order chi connectivity index (χ1) is 7.59. The Kier molecular flexibility index (Phi) is 2.99. The molecule has 1 atom stereocenters. The van der Waals surface area contributed by atoms with Gasteiger partial charge < -0.3 is 0 Å². The summed E-state index contributed by atoms with van der Waals surface area (Å²) >= 11 is -2.33. The molecule has 0 saturated carbocycles. The Morgan fingerprint density at radius 2 is 1.81 bits per heavy atom. The van der Waals surface area contributed by atoms with E-state index in [4.69, 9.17) is 0 Å². The molecule has 0 radical (unpaired) electrons. The van der Waals surface area contributed by atoms with Crippen molar-refractivity contribution in [3.05, 3.63) is 41.5 Å². The van der Waals surface area contributed by atoms with E-state index in [0.29, 0.717) is 0 Å². The standard InChI is InChI=1S/C11H13N3OSe/c1-8-4-9(2)11(10(3)5-8)16(15)14-7-12-6-13-14/h4-7H,1-3H3. The Morgan fingerprint density at radius 3 is 2.31 bits per heavy atom. The fraction of sp³-hybridized carbons (Fsp3) is 0.273. The number of benzene rings is 1. The van der Waals surface area contributed by atoms with Crippen LogP contribution in [0.5, 0.6) is 0 Å². The van der Waals surface area contributed by atoms with Gasteiger partial charge in [-0.25, -0.2) is 0 Å². The average molecular weight is 282 g/mol. The number of hydrogen-bond donors (Lipinski definition) is 0. The number of aryl methyl sites for hydroxylation is 3. The zero-order valence-electron chi connectivity index (χ0n) is 9.47. The predicted molar refractivity (Wildman–Crippen MR) is 62.1 cm³/mol. The van der Waals surface area contributed by atoms with Crippen molar-refractivity contribution in [2.45, 2.75) is 20.8 Å². The molecule has 16 heavy (non-hydrogen) atoms. The van der Waals surface area contributed by atoms with Crippen molar-refractivity contribution in [3.8, 4) is 0 Å². The second kappa shape index (κ2) is 4.28. The second-order valence-corrected chi connectivity index (χ2v) is 6.46. The molecular weight excluding hydrogens is 269 g/mol. The minimum absolute atomic E-state index is 0.913. The van der Waals surface area contributed by atoms with Gasteiger partial charge in [0.1, 0.15) is 0 Å².